The van der Waals surface area contributed by atoms with E-state index in [0.29, 0.717) is 0 Å². The molecule has 0 saturated heterocycles. The number of hydrogen-bond acceptors (Lipinski definition) is 0. The van der Waals surface area contributed by atoms with Crippen molar-refractivity contribution in [3.63, 3.8) is 0 Å². The first-order valence-electron chi connectivity index (χ1n) is 0. The fourth-order valence-corrected chi connectivity index (χ4v) is 0. The molecule has 0 N–H and O–H groups in total. The van der Waals surface area contributed by atoms with Gasteiger partial charge in [0, 0.05) is 122 Å². The zero-order valence-electron chi connectivity index (χ0n) is 2.86. The van der Waals surface area contributed by atoms with E-state index in [1.54, 1.807) is 0 Å². The fourth-order valence-electron chi connectivity index (χ4n) is 0. The molecule has 42 valence electrons. The molecule has 0 aromatic carbocycles. The molecule has 0 heterocycles. The molecule has 0 nitrogen and oxygen atoms in total. The Bertz CT molecular complexity index is 0. The Morgan fingerprint density at radius 1 is 0.143 bits per heavy atom. The number of rotatable bonds is 0. The molecule has 0 amide bonds. The van der Waals surface area contributed by atoms with Crippen molar-refractivity contribution in [3.8, 4) is 0 Å². The molecule has 0 aromatic rings. The summed E-state index contributed by atoms with van der Waals surface area (Å²) >= 11 is 0. The number of hydrogen-bond donors (Lipinski definition) is 0. The van der Waals surface area contributed by atoms with Crippen LogP contribution in [0.25, 0.3) is 0 Å². The summed E-state index contributed by atoms with van der Waals surface area (Å²) in [6.45, 7) is 0. The summed E-state index contributed by atoms with van der Waals surface area (Å²) in [4.78, 5) is 0. The van der Waals surface area contributed by atoms with E-state index in [2.05, 4.69) is 0 Å². The third-order valence-corrected chi connectivity index (χ3v) is 0. The Morgan fingerprint density at radius 2 is 0.143 bits per heavy atom. The topological polar surface area (TPSA) is 0 Å². The van der Waals surface area contributed by atoms with E-state index in [1.165, 1.54) is 0 Å². The van der Waals surface area contributed by atoms with Gasteiger partial charge in [0.15, 0.2) is 0 Å². The Kier molecular flexibility index (Phi) is 557. The maximum atomic E-state index is 0. The molecule has 0 atom stereocenters. The SMILES string of the molecule is [Cr].[Cr].[Cr].[Cr].[Cr].[Cr].[Cr]. The van der Waals surface area contributed by atoms with Crippen LogP contribution in [0, 0.1) is 0 Å². The van der Waals surface area contributed by atoms with Crippen LogP contribution in [0.2, 0.25) is 0 Å². The molecule has 0 aromatic heterocycles. The average molecular weight is 364 g/mol. The summed E-state index contributed by atoms with van der Waals surface area (Å²) in [5.41, 5.74) is 0. The van der Waals surface area contributed by atoms with E-state index in [9.17, 15) is 0 Å². The van der Waals surface area contributed by atoms with E-state index in [-0.39, 0.29) is 122 Å². The maximum absolute atomic E-state index is 0. The zero-order valence-corrected chi connectivity index (χ0v) is 11.8. The minimum atomic E-state index is 0. The molecule has 0 aliphatic rings. The summed E-state index contributed by atoms with van der Waals surface area (Å²) in [5.74, 6) is 0. The second-order valence-electron chi connectivity index (χ2n) is 0. The van der Waals surface area contributed by atoms with E-state index in [1.807, 2.05) is 0 Å². The predicted octanol–water partition coefficient (Wildman–Crippen LogP) is -0.0175. The molecule has 0 spiro atoms. The van der Waals surface area contributed by atoms with Gasteiger partial charge >= 0.3 is 0 Å². The Balaban J connectivity index is 0. The second kappa shape index (κ2) is 53.3. The van der Waals surface area contributed by atoms with E-state index in [4.69, 9.17) is 0 Å². The third kappa shape index (κ3) is 41.8. The third-order valence-electron chi connectivity index (χ3n) is 0. The van der Waals surface area contributed by atoms with Gasteiger partial charge in [-0.15, -0.1) is 0 Å². The molecule has 0 saturated carbocycles. The van der Waals surface area contributed by atoms with Crippen molar-refractivity contribution in [2.45, 2.75) is 0 Å². The molecule has 0 unspecified atom stereocenters. The minimum Gasteiger partial charge on any atom is 0 e. The summed E-state index contributed by atoms with van der Waals surface area (Å²) < 4.78 is 0. The molecule has 0 fully saturated rings. The van der Waals surface area contributed by atoms with Crippen LogP contribution in [-0.4, -0.2) is 0 Å². The monoisotopic (exact) mass is 364 g/mol. The van der Waals surface area contributed by atoms with E-state index < -0.39 is 0 Å². The quantitative estimate of drug-likeness (QED) is 0.567. The average Bonchev–Trinajstić information content (AvgIpc) is 0. The van der Waals surface area contributed by atoms with Crippen molar-refractivity contribution < 1.29 is 122 Å². The standard InChI is InChI=1S/7Cr. The van der Waals surface area contributed by atoms with Gasteiger partial charge in [-0.1, -0.05) is 0 Å². The van der Waals surface area contributed by atoms with Crippen molar-refractivity contribution in [1.29, 1.82) is 0 Å². The van der Waals surface area contributed by atoms with E-state index in [0.717, 1.165) is 0 Å². The Morgan fingerprint density at radius 3 is 0.143 bits per heavy atom. The van der Waals surface area contributed by atoms with E-state index >= 15 is 0 Å². The van der Waals surface area contributed by atoms with Gasteiger partial charge in [0.25, 0.3) is 0 Å². The van der Waals surface area contributed by atoms with Gasteiger partial charge in [-0.05, 0) is 0 Å². The first-order chi connectivity index (χ1) is 0. The molecule has 0 bridgehead atoms. The van der Waals surface area contributed by atoms with Gasteiger partial charge in [-0.3, -0.25) is 0 Å². The zero-order chi connectivity index (χ0) is 0. The second-order valence-corrected chi connectivity index (χ2v) is 0. The maximum Gasteiger partial charge on any atom is 0 e. The predicted molar refractivity (Wildman–Crippen MR) is 0 cm³/mol. The van der Waals surface area contributed by atoms with Crippen LogP contribution < -0.4 is 0 Å². The smallest absolute Gasteiger partial charge is 0 e. The molecule has 0 aliphatic carbocycles. The summed E-state index contributed by atoms with van der Waals surface area (Å²) in [7, 11) is 0. The van der Waals surface area contributed by atoms with Crippen LogP contribution in [0.5, 0.6) is 0 Å². The van der Waals surface area contributed by atoms with Crippen LogP contribution in [0.4, 0.5) is 0 Å². The largest absolute Gasteiger partial charge is 0 e. The van der Waals surface area contributed by atoms with Crippen LogP contribution >= 0.6 is 0 Å². The summed E-state index contributed by atoms with van der Waals surface area (Å²) in [5, 5.41) is 0. The summed E-state index contributed by atoms with van der Waals surface area (Å²) in [6, 6.07) is 0. The molecule has 0 aliphatic heterocycles. The Labute approximate surface area is 119 Å². The first kappa shape index (κ1) is 73.1. The first-order valence-corrected chi connectivity index (χ1v) is 0. The molecule has 0 rings (SSSR count). The summed E-state index contributed by atoms with van der Waals surface area (Å²) in [6.07, 6.45) is 0. The van der Waals surface area contributed by atoms with Gasteiger partial charge in [0.2, 0.25) is 0 Å². The van der Waals surface area contributed by atoms with Gasteiger partial charge in [0.05, 0.1) is 0 Å². The van der Waals surface area contributed by atoms with Gasteiger partial charge in [-0.25, -0.2) is 0 Å². The minimum absolute atomic E-state index is 0. The van der Waals surface area contributed by atoms with Crippen molar-refractivity contribution in [3.05, 3.63) is 0 Å². The van der Waals surface area contributed by atoms with Crippen molar-refractivity contribution in [2.24, 2.45) is 0 Å². The van der Waals surface area contributed by atoms with Gasteiger partial charge in [-0.2, -0.15) is 0 Å². The van der Waals surface area contributed by atoms with Gasteiger partial charge in [0.1, 0.15) is 0 Å². The van der Waals surface area contributed by atoms with Crippen molar-refractivity contribution in [2.75, 3.05) is 0 Å². The fraction of sp³-hybridized carbons (Fsp3) is 0. The molecular weight excluding hydrogens is 364 g/mol. The van der Waals surface area contributed by atoms with Crippen LogP contribution in [0.1, 0.15) is 0 Å². The van der Waals surface area contributed by atoms with Gasteiger partial charge < -0.3 is 0 Å². The van der Waals surface area contributed by atoms with Crippen LogP contribution in [-0.2, 0) is 122 Å². The van der Waals surface area contributed by atoms with Crippen LogP contribution in [0.3, 0.4) is 0 Å². The normalized spacial score (nSPS) is 0. The van der Waals surface area contributed by atoms with Crippen LogP contribution in [0.15, 0.2) is 0 Å². The molecular formula is Cr7. The van der Waals surface area contributed by atoms with Crippen molar-refractivity contribution in [1.82, 2.24) is 0 Å². The molecule has 0 radical (unpaired) electrons. The molecule has 7 heavy (non-hydrogen) atoms. The van der Waals surface area contributed by atoms with Crippen molar-refractivity contribution >= 4 is 0 Å². The Hall–Kier alpha value is 3.73. The molecule has 7 heteroatoms.